The molecular formula is C81H158O17P2. The van der Waals surface area contributed by atoms with Crippen LogP contribution in [0.2, 0.25) is 0 Å². The zero-order valence-corrected chi connectivity index (χ0v) is 67.3. The summed E-state index contributed by atoms with van der Waals surface area (Å²) in [6.45, 7) is 9.67. The van der Waals surface area contributed by atoms with Crippen molar-refractivity contribution in [2.24, 2.45) is 11.8 Å². The minimum atomic E-state index is -4.96. The number of aliphatic hydroxyl groups is 1. The number of unbranched alkanes of at least 4 members (excludes halogenated alkanes) is 50. The van der Waals surface area contributed by atoms with E-state index in [1.54, 1.807) is 0 Å². The summed E-state index contributed by atoms with van der Waals surface area (Å²) in [5.41, 5.74) is 0. The number of carbonyl (C=O) groups excluding carboxylic acids is 4. The Labute approximate surface area is 613 Å². The van der Waals surface area contributed by atoms with Crippen LogP contribution in [0.4, 0.5) is 0 Å². The van der Waals surface area contributed by atoms with Gasteiger partial charge in [-0.2, -0.15) is 0 Å². The zero-order valence-electron chi connectivity index (χ0n) is 65.5. The van der Waals surface area contributed by atoms with E-state index >= 15 is 0 Å². The van der Waals surface area contributed by atoms with Gasteiger partial charge in [-0.05, 0) is 37.5 Å². The van der Waals surface area contributed by atoms with Gasteiger partial charge in [0.15, 0.2) is 12.2 Å². The highest BCUT2D eigenvalue weighted by atomic mass is 31.2. The van der Waals surface area contributed by atoms with Crippen LogP contribution in [0.15, 0.2) is 0 Å². The second-order valence-electron chi connectivity index (χ2n) is 30.1. The predicted molar refractivity (Wildman–Crippen MR) is 409 cm³/mol. The number of hydrogen-bond donors (Lipinski definition) is 3. The molecule has 0 aromatic rings. The standard InChI is InChI=1S/C81H158O17P2/c1-7-9-11-13-15-17-19-21-24-28-34-40-46-52-58-64-79(84)92-70-76(97-80(85)65-59-53-47-41-35-29-26-23-22-25-27-31-37-43-49-55-61-73(3)4)71-95-99(87,88)93-67-75(82)68-94-100(89,90)96-72-77(69-91-78(83)63-57-51-45-39-33-20-18-16-14-12-10-8-2)98-81(86)66-60-54-48-42-36-30-32-38-44-50-56-62-74(5)6/h73-77,82H,7-72H2,1-6H3,(H,87,88)(H,89,90)/t75-,76-,77-/m1/s1. The van der Waals surface area contributed by atoms with Gasteiger partial charge in [0.25, 0.3) is 0 Å². The van der Waals surface area contributed by atoms with Gasteiger partial charge in [0.1, 0.15) is 19.3 Å². The normalized spacial score (nSPS) is 13.9. The van der Waals surface area contributed by atoms with Crippen LogP contribution in [0.1, 0.15) is 427 Å². The van der Waals surface area contributed by atoms with Crippen LogP contribution >= 0.6 is 15.6 Å². The molecule has 0 saturated carbocycles. The molecular weight excluding hydrogens is 1310 g/mol. The zero-order chi connectivity index (χ0) is 73.5. The first-order valence-electron chi connectivity index (χ1n) is 42.0. The molecule has 0 aliphatic heterocycles. The van der Waals surface area contributed by atoms with Gasteiger partial charge < -0.3 is 33.8 Å². The minimum absolute atomic E-state index is 0.107. The van der Waals surface area contributed by atoms with Gasteiger partial charge in [-0.3, -0.25) is 37.3 Å². The summed E-state index contributed by atoms with van der Waals surface area (Å²) >= 11 is 0. The fourth-order valence-electron chi connectivity index (χ4n) is 12.5. The molecule has 0 spiro atoms. The van der Waals surface area contributed by atoms with Crippen molar-refractivity contribution in [2.75, 3.05) is 39.6 Å². The second-order valence-corrected chi connectivity index (χ2v) is 33.0. The highest BCUT2D eigenvalue weighted by Gasteiger charge is 2.30. The maximum Gasteiger partial charge on any atom is 0.472 e. The number of aliphatic hydroxyl groups excluding tert-OH is 1. The van der Waals surface area contributed by atoms with Crippen molar-refractivity contribution in [3.63, 3.8) is 0 Å². The third-order valence-electron chi connectivity index (χ3n) is 19.0. The average Bonchev–Trinajstić information content (AvgIpc) is 1.06. The van der Waals surface area contributed by atoms with Crippen molar-refractivity contribution in [3.05, 3.63) is 0 Å². The molecule has 0 bridgehead atoms. The maximum atomic E-state index is 13.1. The van der Waals surface area contributed by atoms with Crippen LogP contribution < -0.4 is 0 Å². The van der Waals surface area contributed by atoms with Crippen LogP contribution in [-0.4, -0.2) is 96.7 Å². The van der Waals surface area contributed by atoms with Crippen LogP contribution in [0.5, 0.6) is 0 Å². The van der Waals surface area contributed by atoms with E-state index < -0.39 is 97.5 Å². The molecule has 17 nitrogen and oxygen atoms in total. The molecule has 0 saturated heterocycles. The summed E-state index contributed by atoms with van der Waals surface area (Å²) < 4.78 is 68.7. The van der Waals surface area contributed by atoms with E-state index in [-0.39, 0.29) is 25.7 Å². The summed E-state index contributed by atoms with van der Waals surface area (Å²) in [7, 11) is -9.92. The third-order valence-corrected chi connectivity index (χ3v) is 20.9. The van der Waals surface area contributed by atoms with E-state index in [9.17, 15) is 43.2 Å². The first-order valence-corrected chi connectivity index (χ1v) is 45.0. The maximum absolute atomic E-state index is 13.1. The van der Waals surface area contributed by atoms with Gasteiger partial charge in [0.05, 0.1) is 26.4 Å². The summed E-state index contributed by atoms with van der Waals surface area (Å²) in [6, 6.07) is 0. The van der Waals surface area contributed by atoms with Crippen molar-refractivity contribution in [3.8, 4) is 0 Å². The van der Waals surface area contributed by atoms with Gasteiger partial charge in [0, 0.05) is 25.7 Å². The monoisotopic (exact) mass is 1470 g/mol. The first-order chi connectivity index (χ1) is 48.4. The molecule has 3 N–H and O–H groups in total. The van der Waals surface area contributed by atoms with Gasteiger partial charge in [-0.25, -0.2) is 9.13 Å². The van der Waals surface area contributed by atoms with Gasteiger partial charge in [-0.15, -0.1) is 0 Å². The van der Waals surface area contributed by atoms with Crippen LogP contribution in [0.25, 0.3) is 0 Å². The Balaban J connectivity index is 5.25. The number of esters is 4. The van der Waals surface area contributed by atoms with Gasteiger partial charge >= 0.3 is 39.5 Å². The lowest BCUT2D eigenvalue weighted by Crippen LogP contribution is -2.30. The molecule has 2 unspecified atom stereocenters. The Morgan fingerprint density at radius 1 is 0.270 bits per heavy atom. The minimum Gasteiger partial charge on any atom is -0.462 e. The molecule has 594 valence electrons. The first kappa shape index (κ1) is 98.1. The molecule has 0 aliphatic carbocycles. The van der Waals surface area contributed by atoms with E-state index in [0.29, 0.717) is 25.7 Å². The third kappa shape index (κ3) is 74.3. The second kappa shape index (κ2) is 72.6. The molecule has 0 aliphatic rings. The number of rotatable bonds is 80. The lowest BCUT2D eigenvalue weighted by Gasteiger charge is -2.21. The van der Waals surface area contributed by atoms with Crippen molar-refractivity contribution >= 4 is 39.5 Å². The number of phosphoric acid groups is 2. The summed E-state index contributed by atoms with van der Waals surface area (Å²) in [6.07, 6.45) is 62.3. The quantitative estimate of drug-likeness (QED) is 0.0222. The molecule has 0 fully saturated rings. The Kier molecular flexibility index (Phi) is 71.2. The molecule has 0 rings (SSSR count). The van der Waals surface area contributed by atoms with E-state index in [0.717, 1.165) is 102 Å². The van der Waals surface area contributed by atoms with Crippen molar-refractivity contribution < 1.29 is 80.2 Å². The Morgan fingerprint density at radius 3 is 0.680 bits per heavy atom. The van der Waals surface area contributed by atoms with Crippen molar-refractivity contribution in [1.29, 1.82) is 0 Å². The molecule has 0 heterocycles. The lowest BCUT2D eigenvalue weighted by atomic mass is 10.0. The Hall–Kier alpha value is -1.94. The lowest BCUT2D eigenvalue weighted by molar-refractivity contribution is -0.161. The van der Waals surface area contributed by atoms with E-state index in [2.05, 4.69) is 41.5 Å². The smallest absolute Gasteiger partial charge is 0.462 e. The predicted octanol–water partition coefficient (Wildman–Crippen LogP) is 24.3. The summed E-state index contributed by atoms with van der Waals surface area (Å²) in [5.74, 6) is -0.531. The molecule has 100 heavy (non-hydrogen) atoms. The molecule has 0 aromatic heterocycles. The molecule has 0 amide bonds. The summed E-state index contributed by atoms with van der Waals surface area (Å²) in [4.78, 5) is 73.1. The number of carbonyl (C=O) groups is 4. The fourth-order valence-corrected chi connectivity index (χ4v) is 14.1. The fraction of sp³-hybridized carbons (Fsp3) is 0.951. The van der Waals surface area contributed by atoms with E-state index in [1.165, 1.54) is 244 Å². The van der Waals surface area contributed by atoms with E-state index in [4.69, 9.17) is 37.0 Å². The Morgan fingerprint density at radius 2 is 0.460 bits per heavy atom. The number of phosphoric ester groups is 2. The number of ether oxygens (including phenoxy) is 4. The molecule has 0 radical (unpaired) electrons. The van der Waals surface area contributed by atoms with Crippen LogP contribution in [-0.2, 0) is 65.4 Å². The highest BCUT2D eigenvalue weighted by Crippen LogP contribution is 2.45. The van der Waals surface area contributed by atoms with Crippen LogP contribution in [0, 0.1) is 11.8 Å². The molecule has 5 atom stereocenters. The van der Waals surface area contributed by atoms with Gasteiger partial charge in [-0.1, -0.05) is 375 Å². The van der Waals surface area contributed by atoms with Crippen LogP contribution in [0.3, 0.4) is 0 Å². The van der Waals surface area contributed by atoms with Crippen molar-refractivity contribution in [1.82, 2.24) is 0 Å². The SMILES string of the molecule is CCCCCCCCCCCCCCCCCC(=O)OC[C@H](COP(=O)(O)OC[C@@H](O)COP(=O)(O)OC[C@@H](COC(=O)CCCCCCCCCCCCCC)OC(=O)CCCCCCCCCCCCCC(C)C)OC(=O)CCCCCCCCCCCCCCCCCCC(C)C. The summed E-state index contributed by atoms with van der Waals surface area (Å²) in [5, 5.41) is 10.6. The number of hydrogen-bond acceptors (Lipinski definition) is 15. The van der Waals surface area contributed by atoms with E-state index in [1.807, 2.05) is 0 Å². The highest BCUT2D eigenvalue weighted by molar-refractivity contribution is 7.47. The molecule has 19 heteroatoms. The molecule has 0 aromatic carbocycles. The Bertz CT molecular complexity index is 1920. The largest absolute Gasteiger partial charge is 0.472 e. The topological polar surface area (TPSA) is 237 Å². The van der Waals surface area contributed by atoms with Gasteiger partial charge in [0.2, 0.25) is 0 Å². The van der Waals surface area contributed by atoms with Crippen molar-refractivity contribution in [2.45, 2.75) is 445 Å². The average molecular weight is 1470 g/mol.